The monoisotopic (exact) mass is 213 g/mol. The molecular formula is C11H16ClNO. The summed E-state index contributed by atoms with van der Waals surface area (Å²) in [5.74, 6) is 1.05. The van der Waals surface area contributed by atoms with Crippen LogP contribution in [0.1, 0.15) is 18.1 Å². The highest BCUT2D eigenvalue weighted by molar-refractivity contribution is 5.85. The Morgan fingerprint density at radius 2 is 2.29 bits per heavy atom. The second-order valence-corrected chi connectivity index (χ2v) is 3.72. The maximum absolute atomic E-state index is 5.74. The number of halogens is 1. The average molecular weight is 214 g/mol. The third kappa shape index (κ3) is 2.40. The van der Waals surface area contributed by atoms with E-state index in [1.54, 1.807) is 0 Å². The van der Waals surface area contributed by atoms with Gasteiger partial charge in [-0.2, -0.15) is 0 Å². The van der Waals surface area contributed by atoms with Crippen molar-refractivity contribution in [1.82, 2.24) is 0 Å². The zero-order valence-corrected chi connectivity index (χ0v) is 9.14. The fourth-order valence-electron chi connectivity index (χ4n) is 1.74. The zero-order chi connectivity index (χ0) is 9.26. The van der Waals surface area contributed by atoms with Crippen LogP contribution in [0.2, 0.25) is 0 Å². The van der Waals surface area contributed by atoms with Gasteiger partial charge in [0.1, 0.15) is 5.75 Å². The maximum Gasteiger partial charge on any atom is 0.122 e. The molecule has 1 unspecified atom stereocenters. The van der Waals surface area contributed by atoms with Crippen molar-refractivity contribution < 1.29 is 4.74 Å². The minimum atomic E-state index is 0. The molecule has 14 heavy (non-hydrogen) atoms. The predicted molar refractivity (Wildman–Crippen MR) is 60.2 cm³/mol. The summed E-state index contributed by atoms with van der Waals surface area (Å²) in [6.45, 7) is 2.86. The van der Waals surface area contributed by atoms with Crippen LogP contribution in [0.4, 0.5) is 0 Å². The molecule has 3 heteroatoms. The number of hydrogen-bond donors (Lipinski definition) is 1. The summed E-state index contributed by atoms with van der Waals surface area (Å²) < 4.78 is 5.43. The lowest BCUT2D eigenvalue weighted by Crippen LogP contribution is -2.17. The summed E-state index contributed by atoms with van der Waals surface area (Å²) in [6.07, 6.45) is 2.00. The number of benzene rings is 1. The molecule has 0 spiro atoms. The number of ether oxygens (including phenoxy) is 1. The molecule has 2 N–H and O–H groups in total. The van der Waals surface area contributed by atoms with Crippen LogP contribution in [-0.2, 0) is 12.8 Å². The zero-order valence-electron chi connectivity index (χ0n) is 8.32. The molecule has 1 aliphatic rings. The van der Waals surface area contributed by atoms with Crippen LogP contribution in [0.5, 0.6) is 5.75 Å². The Morgan fingerprint density at radius 3 is 3.00 bits per heavy atom. The van der Waals surface area contributed by atoms with Crippen molar-refractivity contribution in [3.8, 4) is 5.75 Å². The van der Waals surface area contributed by atoms with Gasteiger partial charge < -0.3 is 10.5 Å². The molecule has 1 aliphatic heterocycles. The Hall–Kier alpha value is -0.730. The summed E-state index contributed by atoms with van der Waals surface area (Å²) in [5, 5.41) is 0. The molecule has 0 amide bonds. The summed E-state index contributed by atoms with van der Waals surface area (Å²) in [6, 6.07) is 6.61. The van der Waals surface area contributed by atoms with E-state index in [2.05, 4.69) is 18.2 Å². The molecule has 0 radical (unpaired) electrons. The van der Waals surface area contributed by atoms with E-state index < -0.39 is 0 Å². The lowest BCUT2D eigenvalue weighted by molar-refractivity contribution is 0.357. The first kappa shape index (κ1) is 11.3. The Bertz CT molecular complexity index is 312. The van der Waals surface area contributed by atoms with Gasteiger partial charge in [0.15, 0.2) is 0 Å². The fourth-order valence-corrected chi connectivity index (χ4v) is 1.74. The van der Waals surface area contributed by atoms with Crippen molar-refractivity contribution in [3.63, 3.8) is 0 Å². The van der Waals surface area contributed by atoms with Gasteiger partial charge in [0.05, 0.1) is 6.61 Å². The van der Waals surface area contributed by atoms with Crippen molar-refractivity contribution in [3.05, 3.63) is 29.3 Å². The van der Waals surface area contributed by atoms with Crippen LogP contribution in [0.15, 0.2) is 18.2 Å². The van der Waals surface area contributed by atoms with Gasteiger partial charge in [-0.1, -0.05) is 12.1 Å². The van der Waals surface area contributed by atoms with Crippen molar-refractivity contribution in [1.29, 1.82) is 0 Å². The minimum absolute atomic E-state index is 0. The lowest BCUT2D eigenvalue weighted by atomic mass is 10.0. The van der Waals surface area contributed by atoms with Gasteiger partial charge in [-0.25, -0.2) is 0 Å². The third-order valence-corrected chi connectivity index (χ3v) is 2.31. The molecule has 1 atom stereocenters. The van der Waals surface area contributed by atoms with Gasteiger partial charge in [0, 0.05) is 12.5 Å². The van der Waals surface area contributed by atoms with E-state index in [-0.39, 0.29) is 18.4 Å². The van der Waals surface area contributed by atoms with Crippen LogP contribution in [0.3, 0.4) is 0 Å². The summed E-state index contributed by atoms with van der Waals surface area (Å²) >= 11 is 0. The average Bonchev–Trinajstić information content (AvgIpc) is 2.49. The van der Waals surface area contributed by atoms with Gasteiger partial charge in [-0.05, 0) is 30.5 Å². The molecule has 0 aromatic heterocycles. The molecule has 0 saturated carbocycles. The topological polar surface area (TPSA) is 35.2 Å². The van der Waals surface area contributed by atoms with E-state index in [1.807, 2.05) is 6.92 Å². The molecule has 1 aromatic rings. The van der Waals surface area contributed by atoms with E-state index in [9.17, 15) is 0 Å². The quantitative estimate of drug-likeness (QED) is 0.815. The largest absolute Gasteiger partial charge is 0.493 e. The standard InChI is InChI=1S/C11H15NO.ClH/c1-8(12)6-9-2-3-11-10(7-9)4-5-13-11;/h2-3,7-8H,4-6,12H2,1H3;1H. The predicted octanol–water partition coefficient (Wildman–Crippen LogP) is 1.93. The van der Waals surface area contributed by atoms with Crippen LogP contribution >= 0.6 is 12.4 Å². The summed E-state index contributed by atoms with van der Waals surface area (Å²) in [4.78, 5) is 0. The Kier molecular flexibility index (Phi) is 3.78. The van der Waals surface area contributed by atoms with Gasteiger partial charge in [-0.3, -0.25) is 0 Å². The van der Waals surface area contributed by atoms with Gasteiger partial charge in [-0.15, -0.1) is 12.4 Å². The molecular weight excluding hydrogens is 198 g/mol. The normalized spacial score (nSPS) is 15.3. The molecule has 2 nitrogen and oxygen atoms in total. The second-order valence-electron chi connectivity index (χ2n) is 3.72. The first-order chi connectivity index (χ1) is 6.25. The van der Waals surface area contributed by atoms with E-state index in [4.69, 9.17) is 10.5 Å². The van der Waals surface area contributed by atoms with Crippen molar-refractivity contribution in [2.24, 2.45) is 5.73 Å². The Labute approximate surface area is 90.9 Å². The van der Waals surface area contributed by atoms with Crippen LogP contribution in [0.25, 0.3) is 0 Å². The van der Waals surface area contributed by atoms with Crippen molar-refractivity contribution in [2.75, 3.05) is 6.61 Å². The van der Waals surface area contributed by atoms with Gasteiger partial charge in [0.25, 0.3) is 0 Å². The van der Waals surface area contributed by atoms with E-state index in [1.165, 1.54) is 11.1 Å². The molecule has 0 bridgehead atoms. The minimum Gasteiger partial charge on any atom is -0.493 e. The second kappa shape index (κ2) is 4.67. The number of fused-ring (bicyclic) bond motifs is 1. The molecule has 1 heterocycles. The van der Waals surface area contributed by atoms with Gasteiger partial charge in [0.2, 0.25) is 0 Å². The van der Waals surface area contributed by atoms with Gasteiger partial charge >= 0.3 is 0 Å². The SMILES string of the molecule is CC(N)Cc1ccc2c(c1)CCO2.Cl. The van der Waals surface area contributed by atoms with E-state index in [0.29, 0.717) is 0 Å². The molecule has 78 valence electrons. The number of hydrogen-bond acceptors (Lipinski definition) is 2. The maximum atomic E-state index is 5.74. The van der Waals surface area contributed by atoms with Crippen LogP contribution < -0.4 is 10.5 Å². The summed E-state index contributed by atoms with van der Waals surface area (Å²) in [5.41, 5.74) is 8.39. The van der Waals surface area contributed by atoms with E-state index >= 15 is 0 Å². The smallest absolute Gasteiger partial charge is 0.122 e. The Balaban J connectivity index is 0.000000980. The molecule has 1 aromatic carbocycles. The molecule has 0 saturated heterocycles. The number of nitrogens with two attached hydrogens (primary N) is 1. The van der Waals surface area contributed by atoms with Crippen molar-refractivity contribution >= 4 is 12.4 Å². The first-order valence-electron chi connectivity index (χ1n) is 4.76. The molecule has 2 rings (SSSR count). The van der Waals surface area contributed by atoms with E-state index in [0.717, 1.165) is 25.2 Å². The van der Waals surface area contributed by atoms with Crippen LogP contribution in [-0.4, -0.2) is 12.6 Å². The molecule has 0 aliphatic carbocycles. The fraction of sp³-hybridized carbons (Fsp3) is 0.455. The summed E-state index contributed by atoms with van der Waals surface area (Å²) in [7, 11) is 0. The highest BCUT2D eigenvalue weighted by atomic mass is 35.5. The highest BCUT2D eigenvalue weighted by Crippen LogP contribution is 2.26. The Morgan fingerprint density at radius 1 is 1.50 bits per heavy atom. The number of rotatable bonds is 2. The van der Waals surface area contributed by atoms with Crippen molar-refractivity contribution in [2.45, 2.75) is 25.8 Å². The lowest BCUT2D eigenvalue weighted by Gasteiger charge is -2.06. The third-order valence-electron chi connectivity index (χ3n) is 2.31. The van der Waals surface area contributed by atoms with Crippen LogP contribution in [0, 0.1) is 0 Å². The highest BCUT2D eigenvalue weighted by Gasteiger charge is 2.11. The first-order valence-corrected chi connectivity index (χ1v) is 4.76. The molecule has 0 fully saturated rings.